The molecule has 0 radical (unpaired) electrons. The van der Waals surface area contributed by atoms with Crippen LogP contribution in [-0.2, 0) is 11.3 Å². The zero-order valence-electron chi connectivity index (χ0n) is 10.0. The highest BCUT2D eigenvalue weighted by Crippen LogP contribution is 2.25. The molecule has 7 nitrogen and oxygen atoms in total. The van der Waals surface area contributed by atoms with E-state index in [4.69, 9.17) is 28.9 Å². The molecule has 0 spiro atoms. The maximum atomic E-state index is 11.8. The molecule has 0 saturated carbocycles. The van der Waals surface area contributed by atoms with Crippen LogP contribution in [0.25, 0.3) is 0 Å². The second-order valence-corrected chi connectivity index (χ2v) is 4.54. The van der Waals surface area contributed by atoms with Crippen LogP contribution in [0.2, 0.25) is 10.2 Å². The van der Waals surface area contributed by atoms with Crippen molar-refractivity contribution >= 4 is 40.6 Å². The molecule has 0 aliphatic rings. The average Bonchev–Trinajstić information content (AvgIpc) is 2.39. The van der Waals surface area contributed by atoms with Gasteiger partial charge in [-0.05, 0) is 6.07 Å². The summed E-state index contributed by atoms with van der Waals surface area (Å²) in [6.45, 7) is -0.220. The van der Waals surface area contributed by atoms with Gasteiger partial charge in [0, 0.05) is 18.0 Å². The fraction of sp³-hybridized carbons (Fsp3) is 0.0909. The fourth-order valence-electron chi connectivity index (χ4n) is 1.44. The van der Waals surface area contributed by atoms with Crippen molar-refractivity contribution in [3.63, 3.8) is 0 Å². The number of nitrogen functional groups attached to an aromatic ring is 1. The molecule has 0 aliphatic carbocycles. The number of nitrogens with one attached hydrogen (secondary N) is 1. The maximum Gasteiger partial charge on any atom is 0.251 e. The molecule has 104 valence electrons. The highest BCUT2D eigenvalue weighted by molar-refractivity contribution is 6.42. The van der Waals surface area contributed by atoms with E-state index in [1.54, 1.807) is 0 Å². The lowest BCUT2D eigenvalue weighted by molar-refractivity contribution is -0.116. The Hall–Kier alpha value is -2.12. The zero-order valence-corrected chi connectivity index (χ0v) is 11.5. The minimum absolute atomic E-state index is 0.0260. The molecule has 0 unspecified atom stereocenters. The van der Waals surface area contributed by atoms with Gasteiger partial charge < -0.3 is 15.6 Å². The minimum Gasteiger partial charge on any atom is -0.398 e. The lowest BCUT2D eigenvalue weighted by atomic mass is 10.4. The fourth-order valence-corrected chi connectivity index (χ4v) is 1.71. The van der Waals surface area contributed by atoms with Gasteiger partial charge in [0.05, 0.1) is 0 Å². The normalized spacial score (nSPS) is 10.3. The number of amides is 1. The topological polar surface area (TPSA) is 103 Å². The zero-order chi connectivity index (χ0) is 14.7. The molecule has 3 N–H and O–H groups in total. The van der Waals surface area contributed by atoms with Gasteiger partial charge in [0.2, 0.25) is 5.91 Å². The van der Waals surface area contributed by atoms with E-state index in [0.717, 1.165) is 6.33 Å². The van der Waals surface area contributed by atoms with E-state index < -0.39 is 5.91 Å². The van der Waals surface area contributed by atoms with Gasteiger partial charge in [-0.1, -0.05) is 23.2 Å². The Morgan fingerprint density at radius 3 is 2.85 bits per heavy atom. The number of anilines is 2. The van der Waals surface area contributed by atoms with Gasteiger partial charge in [-0.3, -0.25) is 9.59 Å². The van der Waals surface area contributed by atoms with Gasteiger partial charge in [0.15, 0.2) is 11.0 Å². The molecule has 2 aromatic heterocycles. The van der Waals surface area contributed by atoms with Crippen molar-refractivity contribution in [3.8, 4) is 0 Å². The molecule has 2 aromatic rings. The van der Waals surface area contributed by atoms with E-state index in [1.165, 1.54) is 22.9 Å². The summed E-state index contributed by atoms with van der Waals surface area (Å²) in [7, 11) is 0. The Labute approximate surface area is 123 Å². The highest BCUT2D eigenvalue weighted by Gasteiger charge is 2.11. The smallest absolute Gasteiger partial charge is 0.251 e. The number of nitrogens with two attached hydrogens (primary N) is 1. The van der Waals surface area contributed by atoms with Crippen LogP contribution in [0.15, 0.2) is 29.5 Å². The summed E-state index contributed by atoms with van der Waals surface area (Å²) in [5.41, 5.74) is 5.58. The quantitative estimate of drug-likeness (QED) is 0.828. The van der Waals surface area contributed by atoms with Crippen molar-refractivity contribution in [2.24, 2.45) is 0 Å². The Morgan fingerprint density at radius 2 is 2.10 bits per heavy atom. The first-order valence-corrected chi connectivity index (χ1v) is 6.15. The van der Waals surface area contributed by atoms with E-state index in [9.17, 15) is 9.59 Å². The summed E-state index contributed by atoms with van der Waals surface area (Å²) in [5, 5.41) is 2.50. The van der Waals surface area contributed by atoms with Crippen LogP contribution in [0.1, 0.15) is 0 Å². The van der Waals surface area contributed by atoms with Gasteiger partial charge in [-0.25, -0.2) is 9.97 Å². The van der Waals surface area contributed by atoms with Gasteiger partial charge in [-0.2, -0.15) is 0 Å². The Bertz CT molecular complexity index is 716. The average molecular weight is 314 g/mol. The predicted octanol–water partition coefficient (Wildman–Crippen LogP) is 1.17. The number of nitrogens with zero attached hydrogens (tertiary/aromatic N) is 3. The molecule has 20 heavy (non-hydrogen) atoms. The third-order valence-corrected chi connectivity index (χ3v) is 3.07. The van der Waals surface area contributed by atoms with Crippen LogP contribution < -0.4 is 16.6 Å². The lowest BCUT2D eigenvalue weighted by Gasteiger charge is -2.08. The number of hydrogen-bond acceptors (Lipinski definition) is 5. The molecular formula is C11H9Cl2N5O2. The van der Waals surface area contributed by atoms with Crippen LogP contribution in [0, 0.1) is 0 Å². The van der Waals surface area contributed by atoms with Gasteiger partial charge in [0.25, 0.3) is 5.56 Å². The standard InChI is InChI=1S/C11H9Cl2N5O2/c12-9-10(13)15-5-16-11(9)17-7(19)4-18-3-6(14)1-2-8(18)20/h1-3,5H,4,14H2,(H,15,16,17,19). The lowest BCUT2D eigenvalue weighted by Crippen LogP contribution is -2.27. The predicted molar refractivity (Wildman–Crippen MR) is 75.8 cm³/mol. The molecule has 1 amide bonds. The van der Waals surface area contributed by atoms with Crippen LogP contribution in [-0.4, -0.2) is 20.4 Å². The van der Waals surface area contributed by atoms with Crippen molar-refractivity contribution in [1.82, 2.24) is 14.5 Å². The summed E-state index contributed by atoms with van der Waals surface area (Å²) in [6.07, 6.45) is 2.53. The summed E-state index contributed by atoms with van der Waals surface area (Å²) in [5.74, 6) is -0.414. The third kappa shape index (κ3) is 3.25. The van der Waals surface area contributed by atoms with Crippen molar-refractivity contribution in [2.75, 3.05) is 11.1 Å². The van der Waals surface area contributed by atoms with Gasteiger partial charge in [-0.15, -0.1) is 0 Å². The molecule has 0 fully saturated rings. The summed E-state index contributed by atoms with van der Waals surface area (Å²) < 4.78 is 1.17. The molecule has 2 heterocycles. The SMILES string of the molecule is Nc1ccc(=O)n(CC(=O)Nc2ncnc(Cl)c2Cl)c1. The number of hydrogen-bond donors (Lipinski definition) is 2. The van der Waals surface area contributed by atoms with E-state index >= 15 is 0 Å². The van der Waals surface area contributed by atoms with Crippen LogP contribution in [0.3, 0.4) is 0 Å². The second kappa shape index (κ2) is 5.89. The largest absolute Gasteiger partial charge is 0.398 e. The first-order chi connectivity index (χ1) is 9.47. The first-order valence-electron chi connectivity index (χ1n) is 5.39. The Kier molecular flexibility index (Phi) is 4.21. The molecule has 0 saturated heterocycles. The van der Waals surface area contributed by atoms with Crippen molar-refractivity contribution in [1.29, 1.82) is 0 Å². The van der Waals surface area contributed by atoms with E-state index in [-0.39, 0.29) is 28.1 Å². The number of rotatable bonds is 3. The van der Waals surface area contributed by atoms with Gasteiger partial charge >= 0.3 is 0 Å². The highest BCUT2D eigenvalue weighted by atomic mass is 35.5. The number of halogens is 2. The Balaban J connectivity index is 2.15. The number of carbonyl (C=O) groups is 1. The number of pyridine rings is 1. The van der Waals surface area contributed by atoms with E-state index in [2.05, 4.69) is 15.3 Å². The number of carbonyl (C=O) groups excluding carboxylic acids is 1. The van der Waals surface area contributed by atoms with Gasteiger partial charge in [0.1, 0.15) is 17.9 Å². The monoisotopic (exact) mass is 313 g/mol. The minimum atomic E-state index is -0.491. The molecule has 9 heteroatoms. The van der Waals surface area contributed by atoms with Crippen molar-refractivity contribution in [2.45, 2.75) is 6.54 Å². The molecule has 0 atom stereocenters. The summed E-state index contributed by atoms with van der Waals surface area (Å²) in [4.78, 5) is 30.8. The molecule has 0 aliphatic heterocycles. The van der Waals surface area contributed by atoms with Crippen LogP contribution in [0.4, 0.5) is 11.5 Å². The van der Waals surface area contributed by atoms with E-state index in [1.807, 2.05) is 0 Å². The first kappa shape index (κ1) is 14.3. The molecule has 0 aromatic carbocycles. The molecule has 2 rings (SSSR count). The number of aromatic nitrogens is 3. The molecule has 0 bridgehead atoms. The van der Waals surface area contributed by atoms with Crippen molar-refractivity contribution < 1.29 is 4.79 Å². The molecular weight excluding hydrogens is 305 g/mol. The van der Waals surface area contributed by atoms with E-state index in [0.29, 0.717) is 5.69 Å². The Morgan fingerprint density at radius 1 is 1.35 bits per heavy atom. The van der Waals surface area contributed by atoms with Crippen LogP contribution >= 0.6 is 23.2 Å². The summed E-state index contributed by atoms with van der Waals surface area (Å²) in [6, 6.07) is 2.73. The third-order valence-electron chi connectivity index (χ3n) is 2.33. The maximum absolute atomic E-state index is 11.8. The van der Waals surface area contributed by atoms with Crippen LogP contribution in [0.5, 0.6) is 0 Å². The summed E-state index contributed by atoms with van der Waals surface area (Å²) >= 11 is 11.5. The van der Waals surface area contributed by atoms with Crippen molar-refractivity contribution in [3.05, 3.63) is 45.2 Å². The second-order valence-electron chi connectivity index (χ2n) is 3.80.